The minimum atomic E-state index is -0.221. The van der Waals surface area contributed by atoms with Gasteiger partial charge in [0.1, 0.15) is 11.5 Å². The summed E-state index contributed by atoms with van der Waals surface area (Å²) in [5.41, 5.74) is 2.00. The highest BCUT2D eigenvalue weighted by atomic mass is 16.2. The number of anilines is 1. The van der Waals surface area contributed by atoms with Crippen LogP contribution in [0.25, 0.3) is 5.65 Å². The minimum absolute atomic E-state index is 0.0297. The number of amides is 4. The number of carbonyl (C=O) groups excluding carboxylic acids is 3. The summed E-state index contributed by atoms with van der Waals surface area (Å²) in [5, 5.41) is 2.79. The molecule has 1 aliphatic rings. The lowest BCUT2D eigenvalue weighted by atomic mass is 10.2. The molecule has 1 saturated heterocycles. The largest absolute Gasteiger partial charge is 0.339 e. The fourth-order valence-corrected chi connectivity index (χ4v) is 3.57. The van der Waals surface area contributed by atoms with E-state index >= 15 is 0 Å². The van der Waals surface area contributed by atoms with Gasteiger partial charge in [-0.15, -0.1) is 0 Å². The van der Waals surface area contributed by atoms with E-state index < -0.39 is 0 Å². The lowest BCUT2D eigenvalue weighted by Crippen LogP contribution is -2.50. The van der Waals surface area contributed by atoms with Crippen molar-refractivity contribution in [3.05, 3.63) is 29.6 Å². The van der Waals surface area contributed by atoms with Gasteiger partial charge in [0.05, 0.1) is 11.3 Å². The fraction of sp³-hybridized carbons (Fsp3) is 0.500. The van der Waals surface area contributed by atoms with Crippen LogP contribution in [0, 0.1) is 0 Å². The molecule has 3 rings (SSSR count). The molecule has 1 aliphatic heterocycles. The average Bonchev–Trinajstić information content (AvgIpc) is 3.10. The number of urea groups is 1. The van der Waals surface area contributed by atoms with Gasteiger partial charge in [-0.3, -0.25) is 18.9 Å². The van der Waals surface area contributed by atoms with Crippen LogP contribution in [0.1, 0.15) is 36.8 Å². The number of fused-ring (bicyclic) bond motifs is 1. The van der Waals surface area contributed by atoms with Crippen molar-refractivity contribution >= 4 is 29.3 Å². The number of hydrogen-bond donors (Lipinski definition) is 1. The molecule has 0 saturated carbocycles. The molecule has 156 valence electrons. The normalized spacial score (nSPS) is 14.2. The van der Waals surface area contributed by atoms with Gasteiger partial charge in [-0.2, -0.15) is 0 Å². The zero-order valence-corrected chi connectivity index (χ0v) is 17.4. The maximum absolute atomic E-state index is 13.0. The van der Waals surface area contributed by atoms with Gasteiger partial charge in [0.15, 0.2) is 0 Å². The van der Waals surface area contributed by atoms with Crippen molar-refractivity contribution in [2.45, 2.75) is 27.2 Å². The smallest absolute Gasteiger partial charge is 0.322 e. The highest BCUT2D eigenvalue weighted by molar-refractivity contribution is 5.95. The summed E-state index contributed by atoms with van der Waals surface area (Å²) in [6, 6.07) is 3.34. The van der Waals surface area contributed by atoms with E-state index in [9.17, 15) is 14.4 Å². The summed E-state index contributed by atoms with van der Waals surface area (Å²) in [6.45, 7) is 8.01. The summed E-state index contributed by atoms with van der Waals surface area (Å²) >= 11 is 0. The minimum Gasteiger partial charge on any atom is -0.339 e. The van der Waals surface area contributed by atoms with Crippen LogP contribution in [-0.4, -0.2) is 76.8 Å². The van der Waals surface area contributed by atoms with Gasteiger partial charge in [-0.1, -0.05) is 6.92 Å². The molecule has 2 aromatic heterocycles. The molecule has 0 atom stereocenters. The van der Waals surface area contributed by atoms with E-state index in [2.05, 4.69) is 10.3 Å². The average molecular weight is 400 g/mol. The third-order valence-electron chi connectivity index (χ3n) is 5.21. The van der Waals surface area contributed by atoms with Crippen molar-refractivity contribution in [1.82, 2.24) is 24.5 Å². The third-order valence-corrected chi connectivity index (χ3v) is 5.21. The van der Waals surface area contributed by atoms with Crippen molar-refractivity contribution in [2.24, 2.45) is 0 Å². The Morgan fingerprint density at radius 1 is 1.10 bits per heavy atom. The molecule has 1 N–H and O–H groups in total. The summed E-state index contributed by atoms with van der Waals surface area (Å²) in [4.78, 5) is 46.5. The van der Waals surface area contributed by atoms with Crippen molar-refractivity contribution in [3.8, 4) is 0 Å². The molecule has 0 radical (unpaired) electrons. The van der Waals surface area contributed by atoms with Crippen molar-refractivity contribution in [3.63, 3.8) is 0 Å². The number of carbonyl (C=O) groups is 3. The number of rotatable bonds is 4. The zero-order valence-electron chi connectivity index (χ0n) is 17.4. The molecule has 9 heteroatoms. The van der Waals surface area contributed by atoms with E-state index in [4.69, 9.17) is 0 Å². The summed E-state index contributed by atoms with van der Waals surface area (Å²) in [5.74, 6) is 0.597. The standard InChI is InChI=1S/C20H28N6O3/c1-5-16-18(23(4)20(29)21-6-2)26-13-15(7-8-17(26)22-16)19(28)25-11-9-24(10-12-25)14(3)27/h7-8,13H,5-6,9-12H2,1-4H3,(H,21,29). The number of imidazole rings is 1. The predicted octanol–water partition coefficient (Wildman–Crippen LogP) is 1.37. The van der Waals surface area contributed by atoms with E-state index in [0.29, 0.717) is 56.2 Å². The Hall–Kier alpha value is -3.10. The molecule has 29 heavy (non-hydrogen) atoms. The number of aryl methyl sites for hydroxylation is 1. The number of aromatic nitrogens is 2. The predicted molar refractivity (Wildman–Crippen MR) is 110 cm³/mol. The van der Waals surface area contributed by atoms with Crippen LogP contribution in [0.5, 0.6) is 0 Å². The van der Waals surface area contributed by atoms with Crippen LogP contribution >= 0.6 is 0 Å². The van der Waals surface area contributed by atoms with Gasteiger partial charge in [-0.05, 0) is 25.5 Å². The molecule has 2 aromatic rings. The second-order valence-electron chi connectivity index (χ2n) is 7.07. The van der Waals surface area contributed by atoms with E-state index in [1.165, 1.54) is 4.90 Å². The number of nitrogens with one attached hydrogen (secondary N) is 1. The molecule has 0 aromatic carbocycles. The van der Waals surface area contributed by atoms with E-state index in [0.717, 1.165) is 5.69 Å². The Bertz CT molecular complexity index is 930. The Balaban J connectivity index is 1.91. The molecule has 1 fully saturated rings. The molecule has 4 amide bonds. The second-order valence-corrected chi connectivity index (χ2v) is 7.07. The molecular weight excluding hydrogens is 372 g/mol. The van der Waals surface area contributed by atoms with Gasteiger partial charge in [0, 0.05) is 52.9 Å². The molecule has 0 spiro atoms. The fourth-order valence-electron chi connectivity index (χ4n) is 3.57. The van der Waals surface area contributed by atoms with E-state index in [-0.39, 0.29) is 17.8 Å². The summed E-state index contributed by atoms with van der Waals surface area (Å²) < 4.78 is 1.80. The summed E-state index contributed by atoms with van der Waals surface area (Å²) in [7, 11) is 1.70. The lowest BCUT2D eigenvalue weighted by Gasteiger charge is -2.34. The van der Waals surface area contributed by atoms with Crippen LogP contribution in [0.2, 0.25) is 0 Å². The summed E-state index contributed by atoms with van der Waals surface area (Å²) in [6.07, 6.45) is 2.41. The van der Waals surface area contributed by atoms with Crippen molar-refractivity contribution in [2.75, 3.05) is 44.7 Å². The van der Waals surface area contributed by atoms with E-state index in [1.807, 2.05) is 13.8 Å². The molecule has 3 heterocycles. The number of nitrogens with zero attached hydrogens (tertiary/aromatic N) is 5. The van der Waals surface area contributed by atoms with Crippen molar-refractivity contribution < 1.29 is 14.4 Å². The number of pyridine rings is 1. The first-order valence-electron chi connectivity index (χ1n) is 9.94. The van der Waals surface area contributed by atoms with E-state index in [1.54, 1.807) is 46.5 Å². The van der Waals surface area contributed by atoms with Gasteiger partial charge in [0.2, 0.25) is 5.91 Å². The van der Waals surface area contributed by atoms with Crippen LogP contribution in [0.3, 0.4) is 0 Å². The maximum atomic E-state index is 13.0. The second kappa shape index (κ2) is 8.50. The first kappa shape index (κ1) is 20.6. The van der Waals surface area contributed by atoms with Gasteiger partial charge < -0.3 is 15.1 Å². The highest BCUT2D eigenvalue weighted by Crippen LogP contribution is 2.24. The SMILES string of the molecule is CCNC(=O)N(C)c1c(CC)nc2ccc(C(=O)N3CCN(C(C)=O)CC3)cn12. The van der Waals surface area contributed by atoms with Crippen molar-refractivity contribution in [1.29, 1.82) is 0 Å². The van der Waals surface area contributed by atoms with Gasteiger partial charge in [0.25, 0.3) is 5.91 Å². The van der Waals surface area contributed by atoms with Crippen LogP contribution in [-0.2, 0) is 11.2 Å². The highest BCUT2D eigenvalue weighted by Gasteiger charge is 2.25. The maximum Gasteiger partial charge on any atom is 0.322 e. The zero-order chi connectivity index (χ0) is 21.1. The quantitative estimate of drug-likeness (QED) is 0.839. The monoisotopic (exact) mass is 400 g/mol. The third kappa shape index (κ3) is 4.03. The molecule has 0 bridgehead atoms. The first-order valence-corrected chi connectivity index (χ1v) is 9.94. The number of hydrogen-bond acceptors (Lipinski definition) is 4. The van der Waals surface area contributed by atoms with Crippen LogP contribution < -0.4 is 10.2 Å². The Morgan fingerprint density at radius 2 is 1.76 bits per heavy atom. The van der Waals surface area contributed by atoms with Gasteiger partial charge in [-0.25, -0.2) is 9.78 Å². The number of piperazine rings is 1. The Morgan fingerprint density at radius 3 is 2.34 bits per heavy atom. The topological polar surface area (TPSA) is 90.3 Å². The molecular formula is C20H28N6O3. The van der Waals surface area contributed by atoms with Crippen LogP contribution in [0.4, 0.5) is 10.6 Å². The molecule has 9 nitrogen and oxygen atoms in total. The van der Waals surface area contributed by atoms with Gasteiger partial charge >= 0.3 is 6.03 Å². The lowest BCUT2D eigenvalue weighted by molar-refractivity contribution is -0.130. The molecule has 0 aliphatic carbocycles. The Labute approximate surface area is 170 Å². The molecule has 0 unspecified atom stereocenters. The first-order chi connectivity index (χ1) is 13.9. The van der Waals surface area contributed by atoms with Crippen LogP contribution in [0.15, 0.2) is 18.3 Å². The Kier molecular flexibility index (Phi) is 6.05.